The van der Waals surface area contributed by atoms with E-state index in [9.17, 15) is 0 Å². The van der Waals surface area contributed by atoms with Gasteiger partial charge in [0.1, 0.15) is 0 Å². The van der Waals surface area contributed by atoms with E-state index in [-0.39, 0.29) is 0 Å². The van der Waals surface area contributed by atoms with E-state index in [2.05, 4.69) is 42.3 Å². The molecule has 1 unspecified atom stereocenters. The number of thioether (sulfide) groups is 1. The van der Waals surface area contributed by atoms with Crippen LogP contribution in [-0.4, -0.2) is 43.5 Å². The quantitative estimate of drug-likeness (QED) is 0.732. The highest BCUT2D eigenvalue weighted by Crippen LogP contribution is 2.17. The second-order valence-electron chi connectivity index (χ2n) is 4.91. The van der Waals surface area contributed by atoms with Gasteiger partial charge in [-0.2, -0.15) is 0 Å². The van der Waals surface area contributed by atoms with Gasteiger partial charge in [0.2, 0.25) is 0 Å². The summed E-state index contributed by atoms with van der Waals surface area (Å²) in [5.41, 5.74) is 0. The highest BCUT2D eigenvalue weighted by atomic mass is 32.2. The average Bonchev–Trinajstić information content (AvgIpc) is 2.41. The summed E-state index contributed by atoms with van der Waals surface area (Å²) in [6.45, 7) is 3.16. The summed E-state index contributed by atoms with van der Waals surface area (Å²) in [6.07, 6.45) is 4.27. The fourth-order valence-corrected chi connectivity index (χ4v) is 3.21. The summed E-state index contributed by atoms with van der Waals surface area (Å²) in [5, 5.41) is 0. The van der Waals surface area contributed by atoms with E-state index in [0.717, 1.165) is 25.4 Å². The van der Waals surface area contributed by atoms with Gasteiger partial charge in [-0.3, -0.25) is 0 Å². The maximum Gasteiger partial charge on any atom is 0.0701 e. The Kier molecular flexibility index (Phi) is 6.05. The van der Waals surface area contributed by atoms with Gasteiger partial charge in [-0.25, -0.2) is 0 Å². The number of hydrogen-bond donors (Lipinski definition) is 0. The van der Waals surface area contributed by atoms with E-state index in [1.807, 2.05) is 11.8 Å². The van der Waals surface area contributed by atoms with E-state index in [1.165, 1.54) is 24.2 Å². The third-order valence-electron chi connectivity index (χ3n) is 3.27. The minimum absolute atomic E-state index is 0.463. The lowest BCUT2D eigenvalue weighted by Crippen LogP contribution is -2.34. The second-order valence-corrected chi connectivity index (χ2v) is 6.08. The summed E-state index contributed by atoms with van der Waals surface area (Å²) in [5.74, 6) is 1.15. The predicted octanol–water partition coefficient (Wildman–Crippen LogP) is 3.28. The number of nitrogens with zero attached hydrogens (tertiary/aromatic N) is 1. The second kappa shape index (κ2) is 7.82. The van der Waals surface area contributed by atoms with Crippen LogP contribution in [0.3, 0.4) is 0 Å². The molecule has 0 radical (unpaired) electrons. The summed E-state index contributed by atoms with van der Waals surface area (Å²) >= 11 is 1.93. The third-order valence-corrected chi connectivity index (χ3v) is 4.27. The third kappa shape index (κ3) is 5.01. The maximum atomic E-state index is 5.76. The lowest BCUT2D eigenvalue weighted by atomic mass is 10.1. The van der Waals surface area contributed by atoms with Gasteiger partial charge in [0.15, 0.2) is 0 Å². The van der Waals surface area contributed by atoms with Crippen LogP contribution in [0.25, 0.3) is 0 Å². The van der Waals surface area contributed by atoms with Crippen LogP contribution in [0.1, 0.15) is 19.3 Å². The number of benzene rings is 1. The van der Waals surface area contributed by atoms with Crippen LogP contribution in [0.15, 0.2) is 35.2 Å². The lowest BCUT2D eigenvalue weighted by molar-refractivity contribution is -0.000514. The largest absolute Gasteiger partial charge is 0.377 e. The zero-order valence-corrected chi connectivity index (χ0v) is 12.0. The molecular weight excluding hydrogens is 242 g/mol. The van der Waals surface area contributed by atoms with E-state index < -0.39 is 0 Å². The van der Waals surface area contributed by atoms with Crippen molar-refractivity contribution >= 4 is 11.8 Å². The highest BCUT2D eigenvalue weighted by Gasteiger charge is 2.15. The van der Waals surface area contributed by atoms with Gasteiger partial charge in [0.05, 0.1) is 6.10 Å². The SMILES string of the molecule is CN(CCSc1ccccc1)CC1CCCCO1. The van der Waals surface area contributed by atoms with Crippen molar-refractivity contribution in [2.24, 2.45) is 0 Å². The highest BCUT2D eigenvalue weighted by molar-refractivity contribution is 7.99. The zero-order valence-electron chi connectivity index (χ0n) is 11.2. The van der Waals surface area contributed by atoms with E-state index in [4.69, 9.17) is 4.74 Å². The Morgan fingerprint density at radius 3 is 2.83 bits per heavy atom. The van der Waals surface area contributed by atoms with Crippen LogP contribution in [0.4, 0.5) is 0 Å². The number of hydrogen-bond acceptors (Lipinski definition) is 3. The van der Waals surface area contributed by atoms with Crippen LogP contribution in [0.5, 0.6) is 0 Å². The fraction of sp³-hybridized carbons (Fsp3) is 0.600. The molecule has 100 valence electrons. The van der Waals surface area contributed by atoms with Crippen molar-refractivity contribution in [2.75, 3.05) is 32.5 Å². The molecule has 1 aliphatic heterocycles. The molecular formula is C15H23NOS. The monoisotopic (exact) mass is 265 g/mol. The molecule has 1 aromatic rings. The molecule has 2 rings (SSSR count). The molecule has 3 heteroatoms. The Labute approximate surface area is 115 Å². The number of ether oxygens (including phenoxy) is 1. The zero-order chi connectivity index (χ0) is 12.6. The predicted molar refractivity (Wildman–Crippen MR) is 78.3 cm³/mol. The summed E-state index contributed by atoms with van der Waals surface area (Å²) in [4.78, 5) is 3.76. The molecule has 1 heterocycles. The minimum Gasteiger partial charge on any atom is -0.377 e. The molecule has 0 spiro atoms. The van der Waals surface area contributed by atoms with Crippen LogP contribution in [-0.2, 0) is 4.74 Å². The smallest absolute Gasteiger partial charge is 0.0701 e. The van der Waals surface area contributed by atoms with Crippen LogP contribution in [0, 0.1) is 0 Å². The van der Waals surface area contributed by atoms with Crippen molar-refractivity contribution in [3.63, 3.8) is 0 Å². The molecule has 1 atom stereocenters. The average molecular weight is 265 g/mol. The standard InChI is InChI=1S/C15H23NOS/c1-16(13-14-7-5-6-11-17-14)10-12-18-15-8-3-2-4-9-15/h2-4,8-9,14H,5-7,10-13H2,1H3. The molecule has 0 bridgehead atoms. The van der Waals surface area contributed by atoms with E-state index in [1.54, 1.807) is 0 Å². The maximum absolute atomic E-state index is 5.76. The van der Waals surface area contributed by atoms with Gasteiger partial charge >= 0.3 is 0 Å². The summed E-state index contributed by atoms with van der Waals surface area (Å²) in [6, 6.07) is 10.6. The lowest BCUT2D eigenvalue weighted by Gasteiger charge is -2.27. The Hall–Kier alpha value is -0.510. The topological polar surface area (TPSA) is 12.5 Å². The van der Waals surface area contributed by atoms with E-state index in [0.29, 0.717) is 6.10 Å². The number of rotatable bonds is 6. The van der Waals surface area contributed by atoms with Crippen molar-refractivity contribution in [3.8, 4) is 0 Å². The fourth-order valence-electron chi connectivity index (χ4n) is 2.23. The van der Waals surface area contributed by atoms with Crippen molar-refractivity contribution in [1.82, 2.24) is 4.90 Å². The molecule has 2 nitrogen and oxygen atoms in total. The molecule has 1 aromatic carbocycles. The van der Waals surface area contributed by atoms with Crippen molar-refractivity contribution in [3.05, 3.63) is 30.3 Å². The first kappa shape index (κ1) is 13.9. The molecule has 0 aromatic heterocycles. The molecule has 1 aliphatic rings. The van der Waals surface area contributed by atoms with Gasteiger partial charge in [-0.05, 0) is 38.4 Å². The van der Waals surface area contributed by atoms with Crippen LogP contribution < -0.4 is 0 Å². The minimum atomic E-state index is 0.463. The van der Waals surface area contributed by atoms with Gasteiger partial charge in [-0.15, -0.1) is 11.8 Å². The van der Waals surface area contributed by atoms with Crippen molar-refractivity contribution in [2.45, 2.75) is 30.3 Å². The molecule has 0 N–H and O–H groups in total. The number of likely N-dealkylation sites (N-methyl/N-ethyl adjacent to an activating group) is 1. The Morgan fingerprint density at radius 2 is 2.11 bits per heavy atom. The van der Waals surface area contributed by atoms with Gasteiger partial charge in [0.25, 0.3) is 0 Å². The summed E-state index contributed by atoms with van der Waals surface area (Å²) in [7, 11) is 2.20. The first-order chi connectivity index (χ1) is 8.84. The Bertz CT molecular complexity index is 325. The Balaban J connectivity index is 1.61. The summed E-state index contributed by atoms with van der Waals surface area (Å²) < 4.78 is 5.76. The molecule has 0 amide bonds. The Morgan fingerprint density at radius 1 is 1.28 bits per heavy atom. The first-order valence-electron chi connectivity index (χ1n) is 6.82. The first-order valence-corrected chi connectivity index (χ1v) is 7.81. The molecule has 0 saturated carbocycles. The normalized spacial score (nSPS) is 20.2. The molecule has 18 heavy (non-hydrogen) atoms. The van der Waals surface area contributed by atoms with Crippen molar-refractivity contribution in [1.29, 1.82) is 0 Å². The van der Waals surface area contributed by atoms with E-state index >= 15 is 0 Å². The van der Waals surface area contributed by atoms with Gasteiger partial charge < -0.3 is 9.64 Å². The van der Waals surface area contributed by atoms with Crippen molar-refractivity contribution < 1.29 is 4.74 Å². The van der Waals surface area contributed by atoms with Gasteiger partial charge in [-0.1, -0.05) is 18.2 Å². The van der Waals surface area contributed by atoms with Crippen LogP contribution >= 0.6 is 11.8 Å². The van der Waals surface area contributed by atoms with Gasteiger partial charge in [0, 0.05) is 30.3 Å². The molecule has 1 saturated heterocycles. The van der Waals surface area contributed by atoms with Crippen LogP contribution in [0.2, 0.25) is 0 Å². The molecule has 1 fully saturated rings. The molecule has 0 aliphatic carbocycles.